The lowest BCUT2D eigenvalue weighted by Gasteiger charge is -2.00. The molecule has 0 radical (unpaired) electrons. The minimum Gasteiger partial charge on any atom is -0.207 e. The second kappa shape index (κ2) is 3.85. The molecular weight excluding hydrogens is 297 g/mol. The normalized spacial score (nSPS) is 11.0. The number of hydrogen-bond acceptors (Lipinski definition) is 3. The largest absolute Gasteiger partial charge is 0.261 e. The van der Waals surface area contributed by atoms with E-state index in [1.165, 1.54) is 0 Å². The number of benzene rings is 1. The molecule has 0 bridgehead atoms. The van der Waals surface area contributed by atoms with Gasteiger partial charge >= 0.3 is 0 Å². The van der Waals surface area contributed by atoms with Crippen molar-refractivity contribution in [3.05, 3.63) is 28.0 Å². The monoisotopic (exact) mass is 297 g/mol. The lowest BCUT2D eigenvalue weighted by molar-refractivity contribution is 0.600. The average Bonchev–Trinajstić information content (AvgIpc) is 2.01. The summed E-state index contributed by atoms with van der Waals surface area (Å²) in [5.74, 6) is -0.930. The van der Waals surface area contributed by atoms with E-state index in [1.807, 2.05) is 0 Å². The molecule has 3 nitrogen and oxygen atoms in total. The Morgan fingerprint density at radius 2 is 2.07 bits per heavy atom. The fourth-order valence-electron chi connectivity index (χ4n) is 0.797. The summed E-state index contributed by atoms with van der Waals surface area (Å²) in [5.41, 5.74) is -0.255. The highest BCUT2D eigenvalue weighted by Gasteiger charge is 2.16. The van der Waals surface area contributed by atoms with E-state index < -0.39 is 14.9 Å². The van der Waals surface area contributed by atoms with Crippen molar-refractivity contribution in [3.8, 4) is 6.07 Å². The highest BCUT2D eigenvalue weighted by atomic mass is 79.9. The maximum absolute atomic E-state index is 13.1. The van der Waals surface area contributed by atoms with Gasteiger partial charge in [0.2, 0.25) is 0 Å². The van der Waals surface area contributed by atoms with Gasteiger partial charge in [0.1, 0.15) is 17.4 Å². The highest BCUT2D eigenvalue weighted by molar-refractivity contribution is 9.10. The Kier molecular flexibility index (Phi) is 3.14. The smallest absolute Gasteiger partial charge is 0.207 e. The third kappa shape index (κ3) is 2.23. The van der Waals surface area contributed by atoms with Gasteiger partial charge in [0, 0.05) is 15.2 Å². The summed E-state index contributed by atoms with van der Waals surface area (Å²) in [5, 5.41) is 8.49. The fraction of sp³-hybridized carbons (Fsp3) is 0. The van der Waals surface area contributed by atoms with Gasteiger partial charge in [-0.05, 0) is 28.1 Å². The van der Waals surface area contributed by atoms with Gasteiger partial charge in [0.25, 0.3) is 9.05 Å². The summed E-state index contributed by atoms with van der Waals surface area (Å²) in [6.07, 6.45) is 0. The molecular formula is C7H2BrClFNO2S. The fourth-order valence-corrected chi connectivity index (χ4v) is 2.24. The predicted molar refractivity (Wildman–Crippen MR) is 51.9 cm³/mol. The standard InChI is InChI=1S/C7H2BrClFNO2S/c8-6-1-4(14(9,12)13)2-7(10)5(6)3-11/h1-2H. The zero-order valence-corrected chi connectivity index (χ0v) is 9.62. The van der Waals surface area contributed by atoms with Crippen molar-refractivity contribution in [2.24, 2.45) is 0 Å². The molecule has 1 aromatic rings. The van der Waals surface area contributed by atoms with E-state index >= 15 is 0 Å². The van der Waals surface area contributed by atoms with Crippen LogP contribution in [0.1, 0.15) is 5.56 Å². The SMILES string of the molecule is N#Cc1c(F)cc(S(=O)(=O)Cl)cc1Br. The number of nitriles is 1. The van der Waals surface area contributed by atoms with Crippen LogP contribution in [0.15, 0.2) is 21.5 Å². The van der Waals surface area contributed by atoms with Crippen LogP contribution in [0.4, 0.5) is 4.39 Å². The van der Waals surface area contributed by atoms with Crippen molar-refractivity contribution >= 4 is 35.7 Å². The molecule has 0 aliphatic heterocycles. The Morgan fingerprint density at radius 1 is 1.50 bits per heavy atom. The van der Waals surface area contributed by atoms with Crippen LogP contribution in [0.25, 0.3) is 0 Å². The summed E-state index contributed by atoms with van der Waals surface area (Å²) in [4.78, 5) is -0.387. The molecule has 0 aliphatic carbocycles. The first-order chi connectivity index (χ1) is 6.36. The average molecular weight is 299 g/mol. The predicted octanol–water partition coefficient (Wildman–Crippen LogP) is 2.39. The van der Waals surface area contributed by atoms with Crippen molar-refractivity contribution in [1.82, 2.24) is 0 Å². The minimum atomic E-state index is -3.98. The third-order valence-electron chi connectivity index (χ3n) is 1.41. The minimum absolute atomic E-state index is 0.0548. The van der Waals surface area contributed by atoms with E-state index in [0.29, 0.717) is 6.07 Å². The molecule has 0 amide bonds. The summed E-state index contributed by atoms with van der Waals surface area (Å²) < 4.78 is 34.8. The molecule has 14 heavy (non-hydrogen) atoms. The van der Waals surface area contributed by atoms with E-state index in [2.05, 4.69) is 15.9 Å². The van der Waals surface area contributed by atoms with Gasteiger partial charge in [-0.2, -0.15) is 5.26 Å². The second-order valence-corrected chi connectivity index (χ2v) is 5.73. The molecule has 74 valence electrons. The first-order valence-corrected chi connectivity index (χ1v) is 6.30. The Hall–Kier alpha value is -0.640. The Bertz CT molecular complexity index is 500. The van der Waals surface area contributed by atoms with Gasteiger partial charge in [0.05, 0.1) is 4.90 Å². The van der Waals surface area contributed by atoms with Gasteiger partial charge in [-0.1, -0.05) is 0 Å². The van der Waals surface area contributed by atoms with Crippen LogP contribution in [0.2, 0.25) is 0 Å². The lowest BCUT2D eigenvalue weighted by atomic mass is 10.2. The Balaban J connectivity index is 3.53. The maximum Gasteiger partial charge on any atom is 0.261 e. The zero-order valence-electron chi connectivity index (χ0n) is 6.46. The van der Waals surface area contributed by atoms with E-state index in [-0.39, 0.29) is 14.9 Å². The van der Waals surface area contributed by atoms with Crippen molar-refractivity contribution in [2.45, 2.75) is 4.90 Å². The van der Waals surface area contributed by atoms with Crippen LogP contribution in [-0.2, 0) is 9.05 Å². The highest BCUT2D eigenvalue weighted by Crippen LogP contribution is 2.25. The van der Waals surface area contributed by atoms with Crippen LogP contribution >= 0.6 is 26.6 Å². The Morgan fingerprint density at radius 3 is 2.43 bits per heavy atom. The molecule has 0 atom stereocenters. The summed E-state index contributed by atoms with van der Waals surface area (Å²) in [7, 11) is 1.02. The van der Waals surface area contributed by atoms with Gasteiger partial charge in [-0.25, -0.2) is 12.8 Å². The van der Waals surface area contributed by atoms with Crippen LogP contribution in [-0.4, -0.2) is 8.42 Å². The van der Waals surface area contributed by atoms with Crippen molar-refractivity contribution in [2.75, 3.05) is 0 Å². The van der Waals surface area contributed by atoms with Crippen molar-refractivity contribution in [1.29, 1.82) is 5.26 Å². The molecule has 0 aliphatic rings. The molecule has 0 fully saturated rings. The molecule has 0 spiro atoms. The van der Waals surface area contributed by atoms with Gasteiger partial charge in [0.15, 0.2) is 0 Å². The molecule has 1 rings (SSSR count). The van der Waals surface area contributed by atoms with Crippen LogP contribution < -0.4 is 0 Å². The van der Waals surface area contributed by atoms with Crippen LogP contribution in [0, 0.1) is 17.1 Å². The number of nitrogens with zero attached hydrogens (tertiary/aromatic N) is 1. The third-order valence-corrected chi connectivity index (χ3v) is 3.37. The molecule has 0 saturated heterocycles. The number of rotatable bonds is 1. The van der Waals surface area contributed by atoms with E-state index in [1.54, 1.807) is 6.07 Å². The van der Waals surface area contributed by atoms with Gasteiger partial charge in [-0.15, -0.1) is 0 Å². The van der Waals surface area contributed by atoms with E-state index in [4.69, 9.17) is 15.9 Å². The molecule has 1 aromatic carbocycles. The first kappa shape index (κ1) is 11.4. The topological polar surface area (TPSA) is 57.9 Å². The first-order valence-electron chi connectivity index (χ1n) is 3.20. The quantitative estimate of drug-likeness (QED) is 0.748. The van der Waals surface area contributed by atoms with Gasteiger partial charge in [-0.3, -0.25) is 0 Å². The lowest BCUT2D eigenvalue weighted by Crippen LogP contribution is -1.95. The number of hydrogen-bond donors (Lipinski definition) is 0. The molecule has 7 heteroatoms. The van der Waals surface area contributed by atoms with E-state index in [9.17, 15) is 12.8 Å². The number of halogens is 3. The molecule has 0 unspecified atom stereocenters. The zero-order chi connectivity index (χ0) is 10.9. The van der Waals surface area contributed by atoms with Gasteiger partial charge < -0.3 is 0 Å². The van der Waals surface area contributed by atoms with Crippen LogP contribution in [0.5, 0.6) is 0 Å². The summed E-state index contributed by atoms with van der Waals surface area (Å²) >= 11 is 2.86. The molecule has 0 N–H and O–H groups in total. The summed E-state index contributed by atoms with van der Waals surface area (Å²) in [6.45, 7) is 0. The molecule has 0 aromatic heterocycles. The van der Waals surface area contributed by atoms with Crippen LogP contribution in [0.3, 0.4) is 0 Å². The second-order valence-electron chi connectivity index (χ2n) is 2.31. The van der Waals surface area contributed by atoms with Crippen molar-refractivity contribution < 1.29 is 12.8 Å². The Labute approximate surface area is 92.7 Å². The van der Waals surface area contributed by atoms with E-state index in [0.717, 1.165) is 6.07 Å². The molecule has 0 heterocycles. The summed E-state index contributed by atoms with van der Waals surface area (Å²) in [6, 6.07) is 3.36. The molecule has 0 saturated carbocycles. The van der Waals surface area contributed by atoms with Crippen molar-refractivity contribution in [3.63, 3.8) is 0 Å². The maximum atomic E-state index is 13.1.